The maximum atomic E-state index is 12.6. The standard InChI is InChI=1S/C23H25N3O6S/c1-3-32-22(28)14-5-4-9-26(11-14)12-16-6-7-17-18(25-20(27)15-8-10-31-13-15)19(23(29)30-2)33-21(17)24-16/h6-8,10,13-14H,3-5,9,11-12H2,1-2H3,(H,25,27)/t14-/m0/s1. The van der Waals surface area contributed by atoms with Crippen molar-refractivity contribution in [1.29, 1.82) is 0 Å². The number of carbonyl (C=O) groups is 3. The molecule has 0 saturated carbocycles. The number of hydrogen-bond donors (Lipinski definition) is 1. The monoisotopic (exact) mass is 471 g/mol. The smallest absolute Gasteiger partial charge is 0.350 e. The minimum Gasteiger partial charge on any atom is -0.472 e. The van der Waals surface area contributed by atoms with Gasteiger partial charge in [0.1, 0.15) is 16.0 Å². The number of esters is 2. The van der Waals surface area contributed by atoms with Gasteiger partial charge in [0.15, 0.2) is 0 Å². The summed E-state index contributed by atoms with van der Waals surface area (Å²) in [6.07, 6.45) is 4.49. The SMILES string of the molecule is CCOC(=O)[C@H]1CCCN(Cc2ccc3c(NC(=O)c4ccoc4)c(C(=O)OC)sc3n2)C1. The van der Waals surface area contributed by atoms with Crippen LogP contribution in [-0.2, 0) is 20.8 Å². The summed E-state index contributed by atoms with van der Waals surface area (Å²) in [6.45, 7) is 4.27. The van der Waals surface area contributed by atoms with Gasteiger partial charge in [-0.25, -0.2) is 9.78 Å². The first-order chi connectivity index (χ1) is 16.0. The van der Waals surface area contributed by atoms with E-state index in [9.17, 15) is 14.4 Å². The number of amides is 1. The lowest BCUT2D eigenvalue weighted by Crippen LogP contribution is -2.39. The van der Waals surface area contributed by atoms with E-state index in [1.54, 1.807) is 6.07 Å². The molecule has 0 spiro atoms. The molecule has 9 nitrogen and oxygen atoms in total. The normalized spacial score (nSPS) is 16.5. The third-order valence-corrected chi connectivity index (χ3v) is 6.60. The van der Waals surface area contributed by atoms with Crippen LogP contribution < -0.4 is 5.32 Å². The van der Waals surface area contributed by atoms with Gasteiger partial charge in [0.25, 0.3) is 5.91 Å². The average molecular weight is 472 g/mol. The van der Waals surface area contributed by atoms with Gasteiger partial charge >= 0.3 is 11.9 Å². The molecule has 1 amide bonds. The number of pyridine rings is 1. The molecule has 1 saturated heterocycles. The van der Waals surface area contributed by atoms with Gasteiger partial charge in [0, 0.05) is 18.5 Å². The number of hydrogen-bond acceptors (Lipinski definition) is 9. The Morgan fingerprint density at radius 3 is 2.88 bits per heavy atom. The highest BCUT2D eigenvalue weighted by Gasteiger charge is 2.27. The number of anilines is 1. The molecule has 0 radical (unpaired) electrons. The Hall–Kier alpha value is -3.24. The number of nitrogens with one attached hydrogen (secondary N) is 1. The highest BCUT2D eigenvalue weighted by Crippen LogP contribution is 2.36. The highest BCUT2D eigenvalue weighted by atomic mass is 32.1. The summed E-state index contributed by atoms with van der Waals surface area (Å²) < 4.78 is 15.1. The van der Waals surface area contributed by atoms with Gasteiger partial charge in [-0.05, 0) is 44.5 Å². The minimum atomic E-state index is -0.546. The molecule has 1 aliphatic heterocycles. The Labute approximate surface area is 194 Å². The number of ether oxygens (including phenoxy) is 2. The van der Waals surface area contributed by atoms with Crippen LogP contribution >= 0.6 is 11.3 Å². The number of likely N-dealkylation sites (tertiary alicyclic amines) is 1. The summed E-state index contributed by atoms with van der Waals surface area (Å²) in [7, 11) is 1.30. The van der Waals surface area contributed by atoms with Crippen LogP contribution in [0, 0.1) is 5.92 Å². The number of fused-ring (bicyclic) bond motifs is 1. The van der Waals surface area contributed by atoms with Gasteiger partial charge < -0.3 is 19.2 Å². The second-order valence-electron chi connectivity index (χ2n) is 7.75. The number of furan rings is 1. The first-order valence-electron chi connectivity index (χ1n) is 10.7. The van der Waals surface area contributed by atoms with Crippen molar-refractivity contribution in [3.63, 3.8) is 0 Å². The molecule has 1 N–H and O–H groups in total. The molecule has 10 heteroatoms. The lowest BCUT2D eigenvalue weighted by atomic mass is 9.98. The van der Waals surface area contributed by atoms with Gasteiger partial charge in [0.2, 0.25) is 0 Å². The number of nitrogens with zero attached hydrogens (tertiary/aromatic N) is 2. The Bertz CT molecular complexity index is 1160. The Morgan fingerprint density at radius 1 is 1.30 bits per heavy atom. The minimum absolute atomic E-state index is 0.125. The summed E-state index contributed by atoms with van der Waals surface area (Å²) in [5.41, 5.74) is 1.53. The molecule has 0 unspecified atom stereocenters. The van der Waals surface area contributed by atoms with E-state index >= 15 is 0 Å². The fourth-order valence-electron chi connectivity index (χ4n) is 3.93. The molecule has 4 heterocycles. The molecular formula is C23H25N3O6S. The highest BCUT2D eigenvalue weighted by molar-refractivity contribution is 7.21. The second kappa shape index (κ2) is 10.1. The third kappa shape index (κ3) is 5.07. The van der Waals surface area contributed by atoms with Crippen LogP contribution in [-0.4, -0.2) is 54.5 Å². The van der Waals surface area contributed by atoms with Crippen LogP contribution in [0.3, 0.4) is 0 Å². The maximum Gasteiger partial charge on any atom is 0.350 e. The first kappa shape index (κ1) is 22.9. The number of thiophene rings is 1. The first-order valence-corrected chi connectivity index (χ1v) is 11.5. The van der Waals surface area contributed by atoms with Gasteiger partial charge in [-0.3, -0.25) is 14.5 Å². The van der Waals surface area contributed by atoms with Crippen molar-refractivity contribution in [1.82, 2.24) is 9.88 Å². The van der Waals surface area contributed by atoms with E-state index in [0.29, 0.717) is 41.2 Å². The molecule has 0 aromatic carbocycles. The van der Waals surface area contributed by atoms with E-state index in [1.165, 1.54) is 31.0 Å². The van der Waals surface area contributed by atoms with Gasteiger partial charge in [-0.1, -0.05) is 0 Å². The van der Waals surface area contributed by atoms with E-state index in [-0.39, 0.29) is 16.8 Å². The van der Waals surface area contributed by atoms with E-state index < -0.39 is 11.9 Å². The third-order valence-electron chi connectivity index (χ3n) is 5.52. The summed E-state index contributed by atoms with van der Waals surface area (Å²) in [6, 6.07) is 5.26. The van der Waals surface area contributed by atoms with E-state index in [0.717, 1.165) is 25.1 Å². The van der Waals surface area contributed by atoms with Crippen LogP contribution in [0.5, 0.6) is 0 Å². The predicted octanol–water partition coefficient (Wildman–Crippen LogP) is 3.70. The van der Waals surface area contributed by atoms with E-state index in [4.69, 9.17) is 18.9 Å². The van der Waals surface area contributed by atoms with Gasteiger partial charge in [-0.2, -0.15) is 0 Å². The van der Waals surface area contributed by atoms with E-state index in [2.05, 4.69) is 10.2 Å². The van der Waals surface area contributed by atoms with E-state index in [1.807, 2.05) is 19.1 Å². The lowest BCUT2D eigenvalue weighted by Gasteiger charge is -2.31. The molecule has 1 atom stereocenters. The largest absolute Gasteiger partial charge is 0.472 e. The van der Waals surface area contributed by atoms with Crippen molar-refractivity contribution in [3.8, 4) is 0 Å². The van der Waals surface area contributed by atoms with Crippen molar-refractivity contribution in [3.05, 3.63) is 46.9 Å². The Balaban J connectivity index is 1.56. The van der Waals surface area contributed by atoms with Crippen molar-refractivity contribution < 1.29 is 28.3 Å². The molecule has 3 aromatic rings. The molecule has 1 fully saturated rings. The number of piperidine rings is 1. The molecule has 174 valence electrons. The Kier molecular flexibility index (Phi) is 7.05. The summed E-state index contributed by atoms with van der Waals surface area (Å²) in [5, 5.41) is 3.45. The fourth-order valence-corrected chi connectivity index (χ4v) is 4.99. The number of rotatable bonds is 7. The summed E-state index contributed by atoms with van der Waals surface area (Å²) in [5.74, 6) is -1.21. The van der Waals surface area contributed by atoms with Crippen molar-refractivity contribution in [2.24, 2.45) is 5.92 Å². The zero-order valence-electron chi connectivity index (χ0n) is 18.5. The average Bonchev–Trinajstić information content (AvgIpc) is 3.47. The molecule has 0 bridgehead atoms. The molecule has 1 aliphatic rings. The molecular weight excluding hydrogens is 446 g/mol. The van der Waals surface area contributed by atoms with Crippen LogP contribution in [0.25, 0.3) is 10.2 Å². The molecule has 0 aliphatic carbocycles. The number of carbonyl (C=O) groups excluding carboxylic acids is 3. The van der Waals surface area contributed by atoms with Crippen molar-refractivity contribution in [2.75, 3.05) is 32.1 Å². The van der Waals surface area contributed by atoms with Crippen molar-refractivity contribution >= 4 is 45.1 Å². The van der Waals surface area contributed by atoms with Crippen LogP contribution in [0.15, 0.2) is 35.1 Å². The fraction of sp³-hybridized carbons (Fsp3) is 0.391. The zero-order chi connectivity index (χ0) is 23.4. The van der Waals surface area contributed by atoms with Crippen molar-refractivity contribution in [2.45, 2.75) is 26.3 Å². The Morgan fingerprint density at radius 2 is 2.15 bits per heavy atom. The molecule has 33 heavy (non-hydrogen) atoms. The lowest BCUT2D eigenvalue weighted by molar-refractivity contribution is -0.150. The number of aromatic nitrogens is 1. The maximum absolute atomic E-state index is 12.6. The second-order valence-corrected chi connectivity index (χ2v) is 8.74. The van der Waals surface area contributed by atoms with Gasteiger partial charge in [-0.15, -0.1) is 11.3 Å². The summed E-state index contributed by atoms with van der Waals surface area (Å²) in [4.78, 5) is 44.9. The van der Waals surface area contributed by atoms with Crippen LogP contribution in [0.2, 0.25) is 0 Å². The van der Waals surface area contributed by atoms with Crippen LogP contribution in [0.4, 0.5) is 5.69 Å². The molecule has 3 aromatic heterocycles. The molecule has 4 rings (SSSR count). The zero-order valence-corrected chi connectivity index (χ0v) is 19.3. The predicted molar refractivity (Wildman–Crippen MR) is 122 cm³/mol. The topological polar surface area (TPSA) is 111 Å². The van der Waals surface area contributed by atoms with Crippen LogP contribution in [0.1, 0.15) is 45.5 Å². The quantitative estimate of drug-likeness (QED) is 0.519. The number of methoxy groups -OCH3 is 1. The summed E-state index contributed by atoms with van der Waals surface area (Å²) >= 11 is 1.17. The van der Waals surface area contributed by atoms with Gasteiger partial charge in [0.05, 0.1) is 42.8 Å².